The van der Waals surface area contributed by atoms with Gasteiger partial charge >= 0.3 is 18.4 Å². The Kier molecular flexibility index (Phi) is 5.66. The second kappa shape index (κ2) is 7.93. The summed E-state index contributed by atoms with van der Waals surface area (Å²) in [5, 5.41) is 4.08. The van der Waals surface area contributed by atoms with Gasteiger partial charge in [0, 0.05) is 18.8 Å². The van der Waals surface area contributed by atoms with Crippen LogP contribution in [0.4, 0.5) is 36.8 Å². The molecule has 0 saturated heterocycles. The van der Waals surface area contributed by atoms with Crippen molar-refractivity contribution in [3.05, 3.63) is 64.7 Å². The zero-order valence-corrected chi connectivity index (χ0v) is 15.4. The standard InChI is InChI=1S/C19H13F6N3O3/c20-18(21,22)10-7-11(19(23,24)25)9-12(8-10)27-17(31)26-5-6-28-15(29)13-3-1-2-4-14(13)16(28)30/h1-4,7-9H,5-6H2,(H2,26,27,31). The fraction of sp³-hybridized carbons (Fsp3) is 0.211. The van der Waals surface area contributed by atoms with E-state index in [9.17, 15) is 40.7 Å². The van der Waals surface area contributed by atoms with Crippen LogP contribution in [-0.4, -0.2) is 35.8 Å². The largest absolute Gasteiger partial charge is 0.416 e. The average molecular weight is 445 g/mol. The van der Waals surface area contributed by atoms with Crippen LogP contribution >= 0.6 is 0 Å². The van der Waals surface area contributed by atoms with Crippen molar-refractivity contribution >= 4 is 23.5 Å². The molecule has 12 heteroatoms. The van der Waals surface area contributed by atoms with E-state index in [0.717, 1.165) is 4.90 Å². The smallest absolute Gasteiger partial charge is 0.336 e. The summed E-state index contributed by atoms with van der Waals surface area (Å²) in [6, 6.07) is 5.61. The van der Waals surface area contributed by atoms with Crippen LogP contribution in [0.2, 0.25) is 0 Å². The van der Waals surface area contributed by atoms with Crippen LogP contribution in [0, 0.1) is 0 Å². The van der Waals surface area contributed by atoms with Gasteiger partial charge in [0.05, 0.1) is 22.3 Å². The Morgan fingerprint density at radius 2 is 1.32 bits per heavy atom. The van der Waals surface area contributed by atoms with Crippen molar-refractivity contribution in [2.24, 2.45) is 0 Å². The van der Waals surface area contributed by atoms with Gasteiger partial charge < -0.3 is 10.6 Å². The Balaban J connectivity index is 1.64. The minimum Gasteiger partial charge on any atom is -0.336 e. The van der Waals surface area contributed by atoms with E-state index >= 15 is 0 Å². The minimum atomic E-state index is -5.06. The molecule has 1 aliphatic heterocycles. The van der Waals surface area contributed by atoms with E-state index in [1.54, 1.807) is 12.1 Å². The van der Waals surface area contributed by atoms with Crippen LogP contribution in [0.1, 0.15) is 31.8 Å². The lowest BCUT2D eigenvalue weighted by atomic mass is 10.1. The summed E-state index contributed by atoms with van der Waals surface area (Å²) in [4.78, 5) is 37.2. The number of nitrogens with zero attached hydrogens (tertiary/aromatic N) is 1. The van der Waals surface area contributed by atoms with Crippen molar-refractivity contribution < 1.29 is 40.7 Å². The van der Waals surface area contributed by atoms with E-state index in [2.05, 4.69) is 5.32 Å². The van der Waals surface area contributed by atoms with Crippen LogP contribution < -0.4 is 10.6 Å². The molecule has 0 atom stereocenters. The Hall–Kier alpha value is -3.57. The maximum atomic E-state index is 12.9. The van der Waals surface area contributed by atoms with Crippen LogP contribution in [0.5, 0.6) is 0 Å². The Morgan fingerprint density at radius 1 is 0.839 bits per heavy atom. The first kappa shape index (κ1) is 22.1. The SMILES string of the molecule is O=C(NCCN1C(=O)c2ccccc2C1=O)Nc1cc(C(F)(F)F)cc(C(F)(F)F)c1. The third kappa shape index (κ3) is 4.78. The number of anilines is 1. The molecule has 2 aromatic rings. The number of nitrogens with one attached hydrogen (secondary N) is 2. The summed E-state index contributed by atoms with van der Waals surface area (Å²) in [6.45, 7) is -0.515. The third-order valence-electron chi connectivity index (χ3n) is 4.34. The molecular formula is C19H13F6N3O3. The van der Waals surface area contributed by atoms with Gasteiger partial charge in [0.25, 0.3) is 11.8 Å². The van der Waals surface area contributed by atoms with Gasteiger partial charge in [-0.25, -0.2) is 4.79 Å². The molecule has 2 aromatic carbocycles. The number of amides is 4. The maximum absolute atomic E-state index is 12.9. The molecule has 0 bridgehead atoms. The number of imide groups is 1. The third-order valence-corrected chi connectivity index (χ3v) is 4.34. The van der Waals surface area contributed by atoms with Gasteiger partial charge in [-0.3, -0.25) is 14.5 Å². The van der Waals surface area contributed by atoms with Gasteiger partial charge in [0.1, 0.15) is 0 Å². The number of alkyl halides is 6. The predicted molar refractivity (Wildman–Crippen MR) is 95.3 cm³/mol. The fourth-order valence-electron chi connectivity index (χ4n) is 2.93. The average Bonchev–Trinajstić information content (AvgIpc) is 2.91. The van der Waals surface area contributed by atoms with Crippen LogP contribution in [0.25, 0.3) is 0 Å². The van der Waals surface area contributed by atoms with Crippen LogP contribution in [0.15, 0.2) is 42.5 Å². The van der Waals surface area contributed by atoms with Crippen molar-refractivity contribution in [1.82, 2.24) is 10.2 Å². The summed E-state index contributed by atoms with van der Waals surface area (Å²) in [5.74, 6) is -1.15. The molecule has 4 amide bonds. The molecule has 0 fully saturated rings. The number of carbonyl (C=O) groups is 3. The highest BCUT2D eigenvalue weighted by Crippen LogP contribution is 2.37. The van der Waals surface area contributed by atoms with Crippen molar-refractivity contribution in [3.8, 4) is 0 Å². The highest BCUT2D eigenvalue weighted by molar-refractivity contribution is 6.21. The lowest BCUT2D eigenvalue weighted by Gasteiger charge is -2.16. The Labute approximate surface area is 170 Å². The Morgan fingerprint density at radius 3 is 1.77 bits per heavy atom. The molecule has 0 spiro atoms. The van der Waals surface area contributed by atoms with E-state index in [4.69, 9.17) is 0 Å². The van der Waals surface area contributed by atoms with Gasteiger partial charge in [-0.2, -0.15) is 26.3 Å². The molecule has 0 unspecified atom stereocenters. The molecule has 1 heterocycles. The number of halogens is 6. The molecule has 0 saturated carbocycles. The van der Waals surface area contributed by atoms with Gasteiger partial charge in [-0.05, 0) is 30.3 Å². The minimum absolute atomic E-state index is 0.0641. The molecule has 164 valence electrons. The number of fused-ring (bicyclic) bond motifs is 1. The van der Waals surface area contributed by atoms with E-state index < -0.39 is 47.0 Å². The lowest BCUT2D eigenvalue weighted by molar-refractivity contribution is -0.143. The van der Waals surface area contributed by atoms with Crippen molar-refractivity contribution in [3.63, 3.8) is 0 Å². The molecular weight excluding hydrogens is 432 g/mol. The van der Waals surface area contributed by atoms with Crippen LogP contribution in [0.3, 0.4) is 0 Å². The maximum Gasteiger partial charge on any atom is 0.416 e. The van der Waals surface area contributed by atoms with Gasteiger partial charge in [0.2, 0.25) is 0 Å². The van der Waals surface area contributed by atoms with E-state index in [1.165, 1.54) is 12.1 Å². The normalized spacial score (nSPS) is 13.9. The summed E-state index contributed by atoms with van der Waals surface area (Å²) in [7, 11) is 0. The van der Waals surface area contributed by atoms with Crippen molar-refractivity contribution in [2.75, 3.05) is 18.4 Å². The molecule has 0 aliphatic carbocycles. The number of hydrogen-bond acceptors (Lipinski definition) is 3. The quantitative estimate of drug-likeness (QED) is 0.549. The number of benzene rings is 2. The molecule has 3 rings (SSSR count). The second-order valence-electron chi connectivity index (χ2n) is 6.48. The summed E-state index contributed by atoms with van der Waals surface area (Å²) in [5.41, 5.74) is -3.49. The van der Waals surface area contributed by atoms with Gasteiger partial charge in [-0.15, -0.1) is 0 Å². The zero-order chi connectivity index (χ0) is 23.0. The summed E-state index contributed by atoms with van der Waals surface area (Å²) < 4.78 is 77.2. The van der Waals surface area contributed by atoms with Crippen molar-refractivity contribution in [1.29, 1.82) is 0 Å². The Bertz CT molecular complexity index is 982. The van der Waals surface area contributed by atoms with E-state index in [0.29, 0.717) is 12.1 Å². The number of hydrogen-bond donors (Lipinski definition) is 2. The fourth-order valence-corrected chi connectivity index (χ4v) is 2.93. The highest BCUT2D eigenvalue weighted by Gasteiger charge is 2.37. The first-order valence-corrected chi connectivity index (χ1v) is 8.67. The predicted octanol–water partition coefficient (Wildman–Crippen LogP) is 4.14. The van der Waals surface area contributed by atoms with Crippen molar-refractivity contribution in [2.45, 2.75) is 12.4 Å². The second-order valence-corrected chi connectivity index (χ2v) is 6.48. The molecule has 2 N–H and O–H groups in total. The lowest BCUT2D eigenvalue weighted by Crippen LogP contribution is -2.39. The number of rotatable bonds is 4. The van der Waals surface area contributed by atoms with E-state index in [-0.39, 0.29) is 30.3 Å². The van der Waals surface area contributed by atoms with Crippen LogP contribution in [-0.2, 0) is 12.4 Å². The molecule has 6 nitrogen and oxygen atoms in total. The first-order valence-electron chi connectivity index (χ1n) is 8.67. The number of carbonyl (C=O) groups excluding carboxylic acids is 3. The molecule has 1 aliphatic rings. The highest BCUT2D eigenvalue weighted by atomic mass is 19.4. The molecule has 0 aromatic heterocycles. The summed E-state index contributed by atoms with van der Waals surface area (Å²) >= 11 is 0. The topological polar surface area (TPSA) is 78.5 Å². The molecule has 0 radical (unpaired) electrons. The molecule has 31 heavy (non-hydrogen) atoms. The number of urea groups is 1. The zero-order valence-electron chi connectivity index (χ0n) is 15.4. The van der Waals surface area contributed by atoms with E-state index in [1.807, 2.05) is 5.32 Å². The van der Waals surface area contributed by atoms with Gasteiger partial charge in [-0.1, -0.05) is 12.1 Å². The first-order chi connectivity index (χ1) is 14.4. The monoisotopic (exact) mass is 445 g/mol. The summed E-state index contributed by atoms with van der Waals surface area (Å²) in [6.07, 6.45) is -10.1. The van der Waals surface area contributed by atoms with Gasteiger partial charge in [0.15, 0.2) is 0 Å².